The number of rotatable bonds is 4. The monoisotopic (exact) mass is 234 g/mol. The second-order valence-electron chi connectivity index (χ2n) is 4.16. The fraction of sp³-hybridized carbons (Fsp3) is 0.357. The molecule has 2 aromatic rings. The highest BCUT2D eigenvalue weighted by Crippen LogP contribution is 2.16. The number of halogens is 1. The summed E-state index contributed by atoms with van der Waals surface area (Å²) >= 11 is 0. The highest BCUT2D eigenvalue weighted by atomic mass is 19.1. The topological polar surface area (TPSA) is 30.2 Å². The van der Waals surface area contributed by atoms with Crippen LogP contribution in [0.1, 0.15) is 31.9 Å². The van der Waals surface area contributed by atoms with Crippen LogP contribution >= 0.6 is 0 Å². The molecule has 90 valence electrons. The Morgan fingerprint density at radius 1 is 1.29 bits per heavy atom. The molecule has 17 heavy (non-hydrogen) atoms. The third kappa shape index (κ3) is 2.54. The van der Waals surface area contributed by atoms with Gasteiger partial charge in [-0.2, -0.15) is 0 Å². The third-order valence-electron chi connectivity index (χ3n) is 2.82. The van der Waals surface area contributed by atoms with Gasteiger partial charge in [0.25, 0.3) is 0 Å². The van der Waals surface area contributed by atoms with Gasteiger partial charge in [-0.05, 0) is 23.9 Å². The summed E-state index contributed by atoms with van der Waals surface area (Å²) in [5.41, 5.74) is -0.577. The van der Waals surface area contributed by atoms with Crippen LogP contribution in [0.15, 0.2) is 33.5 Å². The number of fused-ring (bicyclic) bond motifs is 1. The van der Waals surface area contributed by atoms with E-state index in [0.29, 0.717) is 11.1 Å². The van der Waals surface area contributed by atoms with Crippen molar-refractivity contribution in [3.8, 4) is 0 Å². The molecule has 1 heterocycles. The molecule has 2 rings (SSSR count). The van der Waals surface area contributed by atoms with Gasteiger partial charge in [-0.1, -0.05) is 31.9 Å². The third-order valence-corrected chi connectivity index (χ3v) is 2.82. The molecule has 0 amide bonds. The molecule has 0 saturated heterocycles. The average molecular weight is 234 g/mol. The zero-order chi connectivity index (χ0) is 12.3. The van der Waals surface area contributed by atoms with Crippen LogP contribution in [0.4, 0.5) is 4.39 Å². The maximum absolute atomic E-state index is 13.4. The SMILES string of the molecule is CCCCCc1cc2cccc(F)c2c(=O)o1. The van der Waals surface area contributed by atoms with Gasteiger partial charge in [0.05, 0.1) is 0 Å². The van der Waals surface area contributed by atoms with Crippen molar-refractivity contribution in [2.75, 3.05) is 0 Å². The summed E-state index contributed by atoms with van der Waals surface area (Å²) in [6.45, 7) is 2.12. The van der Waals surface area contributed by atoms with Gasteiger partial charge in [0.2, 0.25) is 0 Å². The van der Waals surface area contributed by atoms with Crippen molar-refractivity contribution < 1.29 is 8.81 Å². The van der Waals surface area contributed by atoms with E-state index in [1.165, 1.54) is 6.07 Å². The summed E-state index contributed by atoms with van der Waals surface area (Å²) in [4.78, 5) is 11.6. The van der Waals surface area contributed by atoms with Crippen molar-refractivity contribution >= 4 is 10.8 Å². The molecule has 1 aromatic heterocycles. The van der Waals surface area contributed by atoms with E-state index >= 15 is 0 Å². The summed E-state index contributed by atoms with van der Waals surface area (Å²) in [6, 6.07) is 6.37. The van der Waals surface area contributed by atoms with Crippen molar-refractivity contribution in [2.45, 2.75) is 32.6 Å². The number of benzene rings is 1. The first-order chi connectivity index (χ1) is 8.22. The minimum atomic E-state index is -0.577. The maximum atomic E-state index is 13.4. The molecule has 0 fully saturated rings. The lowest BCUT2D eigenvalue weighted by Crippen LogP contribution is -2.04. The molecule has 2 nitrogen and oxygen atoms in total. The Morgan fingerprint density at radius 3 is 2.88 bits per heavy atom. The largest absolute Gasteiger partial charge is 0.427 e. The normalized spacial score (nSPS) is 10.9. The van der Waals surface area contributed by atoms with Gasteiger partial charge in [0.15, 0.2) is 0 Å². The summed E-state index contributed by atoms with van der Waals surface area (Å²) in [5, 5.41) is 0.666. The molecule has 0 saturated carbocycles. The van der Waals surface area contributed by atoms with E-state index in [1.54, 1.807) is 18.2 Å². The highest BCUT2D eigenvalue weighted by Gasteiger charge is 2.08. The molecule has 0 radical (unpaired) electrons. The van der Waals surface area contributed by atoms with Crippen LogP contribution in [0.25, 0.3) is 10.8 Å². The predicted molar refractivity (Wildman–Crippen MR) is 65.7 cm³/mol. The molecule has 3 heteroatoms. The Labute approximate surface area is 99.1 Å². The summed E-state index contributed by atoms with van der Waals surface area (Å²) in [6.07, 6.45) is 3.94. The van der Waals surface area contributed by atoms with Gasteiger partial charge in [-0.25, -0.2) is 9.18 Å². The first-order valence-electron chi connectivity index (χ1n) is 5.93. The molecule has 0 aliphatic carbocycles. The standard InChI is InChI=1S/C14H15FO2/c1-2-3-4-7-11-9-10-6-5-8-12(15)13(10)14(16)17-11/h5-6,8-9H,2-4,7H2,1H3. The fourth-order valence-electron chi connectivity index (χ4n) is 1.92. The number of hydrogen-bond acceptors (Lipinski definition) is 2. The summed E-state index contributed by atoms with van der Waals surface area (Å²) in [7, 11) is 0. The molecule has 0 bridgehead atoms. The molecule has 0 atom stereocenters. The average Bonchev–Trinajstić information content (AvgIpc) is 2.29. The lowest BCUT2D eigenvalue weighted by atomic mass is 10.1. The zero-order valence-electron chi connectivity index (χ0n) is 9.83. The van der Waals surface area contributed by atoms with Gasteiger partial charge in [0, 0.05) is 6.42 Å². The smallest absolute Gasteiger partial charge is 0.346 e. The quantitative estimate of drug-likeness (QED) is 0.755. The number of unbranched alkanes of at least 4 members (excludes halogenated alkanes) is 2. The minimum Gasteiger partial charge on any atom is -0.427 e. The highest BCUT2D eigenvalue weighted by molar-refractivity contribution is 5.81. The van der Waals surface area contributed by atoms with E-state index in [9.17, 15) is 9.18 Å². The first kappa shape index (κ1) is 11.8. The van der Waals surface area contributed by atoms with Crippen LogP contribution in [0.5, 0.6) is 0 Å². The Morgan fingerprint density at radius 2 is 2.12 bits per heavy atom. The van der Waals surface area contributed by atoms with Crippen molar-refractivity contribution in [1.29, 1.82) is 0 Å². The Bertz CT molecular complexity index is 572. The summed E-state index contributed by atoms with van der Waals surface area (Å²) < 4.78 is 18.5. The van der Waals surface area contributed by atoms with Crippen molar-refractivity contribution in [2.24, 2.45) is 0 Å². The Kier molecular flexibility index (Phi) is 3.57. The molecule has 0 unspecified atom stereocenters. The molecule has 0 N–H and O–H groups in total. The predicted octanol–water partition coefficient (Wildman–Crippen LogP) is 3.66. The number of hydrogen-bond donors (Lipinski definition) is 0. The van der Waals surface area contributed by atoms with Gasteiger partial charge in [0.1, 0.15) is 17.0 Å². The maximum Gasteiger partial charge on any atom is 0.346 e. The lowest BCUT2D eigenvalue weighted by Gasteiger charge is -2.02. The molecule has 1 aromatic carbocycles. The van der Waals surface area contributed by atoms with E-state index in [-0.39, 0.29) is 5.39 Å². The van der Waals surface area contributed by atoms with Crippen LogP contribution < -0.4 is 5.63 Å². The lowest BCUT2D eigenvalue weighted by molar-refractivity contribution is 0.455. The van der Waals surface area contributed by atoms with Gasteiger partial charge < -0.3 is 4.42 Å². The molecular formula is C14H15FO2. The van der Waals surface area contributed by atoms with Crippen LogP contribution in [-0.4, -0.2) is 0 Å². The van der Waals surface area contributed by atoms with E-state index in [1.807, 2.05) is 0 Å². The summed E-state index contributed by atoms with van der Waals surface area (Å²) in [5.74, 6) is 0.123. The van der Waals surface area contributed by atoms with Gasteiger partial charge in [-0.3, -0.25) is 0 Å². The fourth-order valence-corrected chi connectivity index (χ4v) is 1.92. The minimum absolute atomic E-state index is 0.0479. The van der Waals surface area contributed by atoms with Crippen LogP contribution in [-0.2, 0) is 6.42 Å². The molecule has 0 spiro atoms. The van der Waals surface area contributed by atoms with E-state index < -0.39 is 11.4 Å². The number of aryl methyl sites for hydroxylation is 1. The second kappa shape index (κ2) is 5.13. The molecule has 0 aliphatic heterocycles. The van der Waals surface area contributed by atoms with Gasteiger partial charge >= 0.3 is 5.63 Å². The van der Waals surface area contributed by atoms with Crippen LogP contribution in [0, 0.1) is 5.82 Å². The van der Waals surface area contributed by atoms with Gasteiger partial charge in [-0.15, -0.1) is 0 Å². The van der Waals surface area contributed by atoms with Crippen LogP contribution in [0.3, 0.4) is 0 Å². The van der Waals surface area contributed by atoms with Crippen molar-refractivity contribution in [3.05, 3.63) is 46.3 Å². The second-order valence-corrected chi connectivity index (χ2v) is 4.16. The van der Waals surface area contributed by atoms with Crippen molar-refractivity contribution in [1.82, 2.24) is 0 Å². The first-order valence-corrected chi connectivity index (χ1v) is 5.93. The van der Waals surface area contributed by atoms with Crippen molar-refractivity contribution in [3.63, 3.8) is 0 Å². The molecular weight excluding hydrogens is 219 g/mol. The Balaban J connectivity index is 2.39. The van der Waals surface area contributed by atoms with E-state index in [2.05, 4.69) is 6.92 Å². The zero-order valence-corrected chi connectivity index (χ0v) is 9.83. The Hall–Kier alpha value is -1.64. The molecule has 0 aliphatic rings. The van der Waals surface area contributed by atoms with E-state index in [4.69, 9.17) is 4.42 Å². The van der Waals surface area contributed by atoms with Crippen LogP contribution in [0.2, 0.25) is 0 Å². The van der Waals surface area contributed by atoms with E-state index in [0.717, 1.165) is 25.7 Å².